The molecule has 1 aliphatic carbocycles. The third kappa shape index (κ3) is 3.59. The van der Waals surface area contributed by atoms with Crippen molar-refractivity contribution in [3.05, 3.63) is 65.0 Å². The highest BCUT2D eigenvalue weighted by molar-refractivity contribution is 7.14. The summed E-state index contributed by atoms with van der Waals surface area (Å²) in [5, 5.41) is 6.42. The Morgan fingerprint density at radius 2 is 1.78 bits per heavy atom. The Morgan fingerprint density at radius 1 is 1.00 bits per heavy atom. The number of nitrogens with one attached hydrogen (secondary N) is 1. The van der Waals surface area contributed by atoms with Crippen LogP contribution >= 0.6 is 11.3 Å². The second-order valence-electron chi connectivity index (χ2n) is 8.89. The number of rotatable bonds is 5. The lowest BCUT2D eigenvalue weighted by Gasteiger charge is -2.23. The van der Waals surface area contributed by atoms with Gasteiger partial charge in [-0.1, -0.05) is 6.07 Å². The number of nitrogens with zero attached hydrogens (tertiary/aromatic N) is 4. The number of halogens is 1. The maximum Gasteiger partial charge on any atom is 0.191 e. The minimum absolute atomic E-state index is 0.231. The summed E-state index contributed by atoms with van der Waals surface area (Å²) >= 11 is 1.61. The van der Waals surface area contributed by atoms with E-state index in [1.165, 1.54) is 49.1 Å². The van der Waals surface area contributed by atoms with E-state index in [0.29, 0.717) is 11.8 Å². The van der Waals surface area contributed by atoms with Gasteiger partial charge in [0, 0.05) is 30.1 Å². The summed E-state index contributed by atoms with van der Waals surface area (Å²) in [7, 11) is 2.08. The van der Waals surface area contributed by atoms with E-state index >= 15 is 0 Å². The number of benzene rings is 1. The Kier molecular flexibility index (Phi) is 4.96. The molecule has 164 valence electrons. The van der Waals surface area contributed by atoms with Crippen molar-refractivity contribution in [1.82, 2.24) is 19.7 Å². The quantitative estimate of drug-likeness (QED) is 0.426. The zero-order valence-electron chi connectivity index (χ0n) is 18.1. The maximum absolute atomic E-state index is 13.3. The molecule has 32 heavy (non-hydrogen) atoms. The molecule has 1 saturated heterocycles. The SMILES string of the molecule is CN(c1nc(-c2ccc(F)cc2)cs1)c1c(C2CC2)nc2ccc(C3CCNCC3)cn12. The number of hydrogen-bond donors (Lipinski definition) is 1. The summed E-state index contributed by atoms with van der Waals surface area (Å²) in [5.41, 5.74) is 5.36. The zero-order chi connectivity index (χ0) is 21.7. The summed E-state index contributed by atoms with van der Waals surface area (Å²) in [6.07, 6.45) is 7.04. The molecule has 0 spiro atoms. The van der Waals surface area contributed by atoms with Crippen LogP contribution in [-0.4, -0.2) is 34.5 Å². The van der Waals surface area contributed by atoms with Crippen molar-refractivity contribution in [3.8, 4) is 11.3 Å². The number of pyridine rings is 1. The van der Waals surface area contributed by atoms with E-state index in [9.17, 15) is 4.39 Å². The van der Waals surface area contributed by atoms with Crippen LogP contribution in [0.3, 0.4) is 0 Å². The van der Waals surface area contributed by atoms with Crippen molar-refractivity contribution in [2.75, 3.05) is 25.0 Å². The molecule has 0 unspecified atom stereocenters. The van der Waals surface area contributed by atoms with Crippen molar-refractivity contribution in [2.24, 2.45) is 0 Å². The van der Waals surface area contributed by atoms with E-state index in [1.54, 1.807) is 23.5 Å². The minimum Gasteiger partial charge on any atom is -0.317 e. The number of hydrogen-bond acceptors (Lipinski definition) is 5. The third-order valence-electron chi connectivity index (χ3n) is 6.65. The molecular weight excluding hydrogens is 421 g/mol. The molecule has 1 aliphatic heterocycles. The fourth-order valence-corrected chi connectivity index (χ4v) is 5.49. The molecular formula is C25H26FN5S. The van der Waals surface area contributed by atoms with Crippen LogP contribution in [0.15, 0.2) is 48.0 Å². The number of imidazole rings is 1. The van der Waals surface area contributed by atoms with E-state index in [1.807, 2.05) is 5.38 Å². The molecule has 2 aliphatic rings. The predicted octanol–water partition coefficient (Wildman–Crippen LogP) is 5.71. The minimum atomic E-state index is -0.231. The van der Waals surface area contributed by atoms with Crippen LogP contribution in [0.2, 0.25) is 0 Å². The van der Waals surface area contributed by atoms with Crippen LogP contribution in [-0.2, 0) is 0 Å². The van der Waals surface area contributed by atoms with Gasteiger partial charge in [-0.2, -0.15) is 0 Å². The molecule has 7 heteroatoms. The van der Waals surface area contributed by atoms with Crippen molar-refractivity contribution < 1.29 is 4.39 Å². The van der Waals surface area contributed by atoms with Crippen LogP contribution in [0, 0.1) is 5.82 Å². The summed E-state index contributed by atoms with van der Waals surface area (Å²) in [6.45, 7) is 2.16. The maximum atomic E-state index is 13.3. The van der Waals surface area contributed by atoms with Gasteiger partial charge in [0.2, 0.25) is 0 Å². The van der Waals surface area contributed by atoms with Gasteiger partial charge >= 0.3 is 0 Å². The number of fused-ring (bicyclic) bond motifs is 1. The van der Waals surface area contributed by atoms with Crippen molar-refractivity contribution in [2.45, 2.75) is 37.5 Å². The first-order chi connectivity index (χ1) is 15.7. The molecule has 3 aromatic heterocycles. The molecule has 4 aromatic rings. The first-order valence-corrected chi connectivity index (χ1v) is 12.2. The molecule has 2 fully saturated rings. The average molecular weight is 448 g/mol. The molecule has 0 bridgehead atoms. The van der Waals surface area contributed by atoms with Gasteiger partial charge in [-0.05, 0) is 80.6 Å². The highest BCUT2D eigenvalue weighted by atomic mass is 32.1. The lowest BCUT2D eigenvalue weighted by molar-refractivity contribution is 0.459. The highest BCUT2D eigenvalue weighted by Gasteiger charge is 2.32. The fourth-order valence-electron chi connectivity index (χ4n) is 4.69. The fraction of sp³-hybridized carbons (Fsp3) is 0.360. The normalized spacial score (nSPS) is 17.2. The van der Waals surface area contributed by atoms with Gasteiger partial charge in [0.1, 0.15) is 17.3 Å². The second kappa shape index (κ2) is 7.98. The molecule has 1 saturated carbocycles. The monoisotopic (exact) mass is 447 g/mol. The van der Waals surface area contributed by atoms with E-state index in [4.69, 9.17) is 9.97 Å². The first-order valence-electron chi connectivity index (χ1n) is 11.3. The van der Waals surface area contributed by atoms with Gasteiger partial charge in [-0.3, -0.25) is 4.40 Å². The van der Waals surface area contributed by atoms with E-state index < -0.39 is 0 Å². The number of thiazole rings is 1. The predicted molar refractivity (Wildman–Crippen MR) is 128 cm³/mol. The van der Waals surface area contributed by atoms with Crippen LogP contribution in [0.1, 0.15) is 48.8 Å². The zero-order valence-corrected chi connectivity index (χ0v) is 18.9. The summed E-state index contributed by atoms with van der Waals surface area (Å²) < 4.78 is 15.6. The number of piperidine rings is 1. The Hall–Kier alpha value is -2.77. The Bertz CT molecular complexity index is 1250. The lowest BCUT2D eigenvalue weighted by Crippen LogP contribution is -2.26. The molecule has 4 heterocycles. The van der Waals surface area contributed by atoms with Crippen LogP contribution in [0.4, 0.5) is 15.3 Å². The number of aromatic nitrogens is 3. The molecule has 6 rings (SSSR count). The van der Waals surface area contributed by atoms with Crippen molar-refractivity contribution in [3.63, 3.8) is 0 Å². The van der Waals surface area contributed by atoms with Crippen LogP contribution < -0.4 is 10.2 Å². The molecule has 0 atom stereocenters. The largest absolute Gasteiger partial charge is 0.317 e. The average Bonchev–Trinajstić information content (AvgIpc) is 3.43. The summed E-state index contributed by atoms with van der Waals surface area (Å²) in [6, 6.07) is 11.0. The summed E-state index contributed by atoms with van der Waals surface area (Å²) in [5.74, 6) is 2.02. The van der Waals surface area contributed by atoms with Crippen molar-refractivity contribution in [1.29, 1.82) is 0 Å². The molecule has 1 aromatic carbocycles. The van der Waals surface area contributed by atoms with Crippen LogP contribution in [0.25, 0.3) is 16.9 Å². The Morgan fingerprint density at radius 3 is 2.53 bits per heavy atom. The molecule has 1 N–H and O–H groups in total. The lowest BCUT2D eigenvalue weighted by atomic mass is 9.91. The molecule has 5 nitrogen and oxygen atoms in total. The van der Waals surface area contributed by atoms with E-state index in [-0.39, 0.29) is 5.82 Å². The standard InChI is InChI=1S/C25H26FN5S/c1-30(25-28-21(15-32-25)17-4-7-20(26)8-5-17)24-23(18-2-3-18)29-22-9-6-19(14-31(22)24)16-10-12-27-13-11-16/h4-9,14-16,18,27H,2-3,10-13H2,1H3. The number of anilines is 2. The summed E-state index contributed by atoms with van der Waals surface area (Å²) in [4.78, 5) is 12.1. The smallest absolute Gasteiger partial charge is 0.191 e. The second-order valence-corrected chi connectivity index (χ2v) is 9.73. The van der Waals surface area contributed by atoms with Gasteiger partial charge < -0.3 is 10.2 Å². The molecule has 0 radical (unpaired) electrons. The Balaban J connectivity index is 1.40. The van der Waals surface area contributed by atoms with E-state index in [2.05, 4.69) is 40.0 Å². The Labute approximate surface area is 190 Å². The van der Waals surface area contributed by atoms with Gasteiger partial charge in [-0.15, -0.1) is 11.3 Å². The topological polar surface area (TPSA) is 45.5 Å². The van der Waals surface area contributed by atoms with Gasteiger partial charge in [-0.25, -0.2) is 14.4 Å². The van der Waals surface area contributed by atoms with Gasteiger partial charge in [0.15, 0.2) is 5.13 Å². The van der Waals surface area contributed by atoms with Gasteiger partial charge in [0.05, 0.1) is 11.4 Å². The third-order valence-corrected chi connectivity index (χ3v) is 7.57. The highest BCUT2D eigenvalue weighted by Crippen LogP contribution is 2.46. The van der Waals surface area contributed by atoms with Crippen molar-refractivity contribution >= 4 is 27.9 Å². The van der Waals surface area contributed by atoms with Gasteiger partial charge in [0.25, 0.3) is 0 Å². The molecule has 0 amide bonds. The van der Waals surface area contributed by atoms with Crippen LogP contribution in [0.5, 0.6) is 0 Å². The first kappa shape index (κ1) is 19.9. The van der Waals surface area contributed by atoms with E-state index in [0.717, 1.165) is 40.9 Å².